The zero-order valence-electron chi connectivity index (χ0n) is 15.5. The fourth-order valence-corrected chi connectivity index (χ4v) is 4.43. The third kappa shape index (κ3) is 4.17. The minimum absolute atomic E-state index is 0. The molecule has 1 aromatic carbocycles. The summed E-state index contributed by atoms with van der Waals surface area (Å²) in [6.45, 7) is 2.24. The number of rotatable bonds is 4. The van der Waals surface area contributed by atoms with Crippen LogP contribution in [0.5, 0.6) is 0 Å². The Kier molecular flexibility index (Phi) is 6.50. The van der Waals surface area contributed by atoms with Gasteiger partial charge in [-0.2, -0.15) is 5.10 Å². The van der Waals surface area contributed by atoms with E-state index in [-0.39, 0.29) is 18.3 Å². The molecular weight excluding hydrogens is 362 g/mol. The molecular formula is C20H28ClN5O. The third-order valence-corrected chi connectivity index (χ3v) is 6.01. The van der Waals surface area contributed by atoms with Crippen molar-refractivity contribution >= 4 is 18.3 Å². The van der Waals surface area contributed by atoms with E-state index < -0.39 is 0 Å². The maximum absolute atomic E-state index is 12.8. The van der Waals surface area contributed by atoms with Gasteiger partial charge in [-0.05, 0) is 38.1 Å². The van der Waals surface area contributed by atoms with Gasteiger partial charge in [0.25, 0.3) is 0 Å². The molecule has 2 heterocycles. The van der Waals surface area contributed by atoms with Crippen LogP contribution in [0, 0.1) is 11.8 Å². The molecule has 2 aromatic rings. The SMILES string of the molecule is Cl.NC[C@H]1CCC[C@H]1C(=O)N1CCC(c2nc(-c3ccccc3)n[nH]2)CC1. The summed E-state index contributed by atoms with van der Waals surface area (Å²) < 4.78 is 0. The van der Waals surface area contributed by atoms with Crippen LogP contribution in [0.2, 0.25) is 0 Å². The standard InChI is InChI=1S/C20H27N5O.ClH/c21-13-16-7-4-8-17(16)20(26)25-11-9-15(10-12-25)19-22-18(23-24-19)14-5-2-1-3-6-14;/h1-3,5-6,15-17H,4,7-13,21H2,(H,22,23,24);1H/t16-,17-;/m1./s1. The summed E-state index contributed by atoms with van der Waals surface area (Å²) in [4.78, 5) is 19.6. The molecule has 0 radical (unpaired) electrons. The highest BCUT2D eigenvalue weighted by molar-refractivity contribution is 5.85. The zero-order valence-corrected chi connectivity index (χ0v) is 16.3. The monoisotopic (exact) mass is 389 g/mol. The molecule has 0 bridgehead atoms. The fourth-order valence-electron chi connectivity index (χ4n) is 4.43. The van der Waals surface area contributed by atoms with Gasteiger partial charge in [0, 0.05) is 30.5 Å². The average molecular weight is 390 g/mol. The minimum atomic E-state index is 0. The number of nitrogens with one attached hydrogen (secondary N) is 1. The van der Waals surface area contributed by atoms with Crippen LogP contribution in [0.25, 0.3) is 11.4 Å². The van der Waals surface area contributed by atoms with Gasteiger partial charge < -0.3 is 10.6 Å². The maximum Gasteiger partial charge on any atom is 0.226 e. The van der Waals surface area contributed by atoms with Gasteiger partial charge in [0.05, 0.1) is 0 Å². The lowest BCUT2D eigenvalue weighted by Crippen LogP contribution is -2.43. The quantitative estimate of drug-likeness (QED) is 0.841. The molecule has 4 rings (SSSR count). The Morgan fingerprint density at radius 3 is 2.59 bits per heavy atom. The van der Waals surface area contributed by atoms with Crippen LogP contribution in [0.1, 0.15) is 43.8 Å². The molecule has 0 unspecified atom stereocenters. The molecule has 1 aliphatic carbocycles. The topological polar surface area (TPSA) is 87.9 Å². The zero-order chi connectivity index (χ0) is 17.9. The summed E-state index contributed by atoms with van der Waals surface area (Å²) in [5.41, 5.74) is 6.87. The number of halogens is 1. The molecule has 7 heteroatoms. The Balaban J connectivity index is 0.00000210. The highest BCUT2D eigenvalue weighted by Crippen LogP contribution is 2.34. The van der Waals surface area contributed by atoms with E-state index in [0.29, 0.717) is 24.3 Å². The van der Waals surface area contributed by atoms with Crippen LogP contribution in [0.4, 0.5) is 0 Å². The molecule has 27 heavy (non-hydrogen) atoms. The number of likely N-dealkylation sites (tertiary alicyclic amines) is 1. The summed E-state index contributed by atoms with van der Waals surface area (Å²) in [6.07, 6.45) is 5.12. The van der Waals surface area contributed by atoms with Crippen molar-refractivity contribution in [2.24, 2.45) is 17.6 Å². The van der Waals surface area contributed by atoms with Gasteiger partial charge in [-0.3, -0.25) is 9.89 Å². The molecule has 6 nitrogen and oxygen atoms in total. The number of hydrogen-bond acceptors (Lipinski definition) is 4. The van der Waals surface area contributed by atoms with Crippen LogP contribution >= 0.6 is 12.4 Å². The van der Waals surface area contributed by atoms with Gasteiger partial charge in [-0.15, -0.1) is 12.4 Å². The Morgan fingerprint density at radius 2 is 1.89 bits per heavy atom. The van der Waals surface area contributed by atoms with E-state index in [2.05, 4.69) is 10.2 Å². The number of carbonyl (C=O) groups excluding carboxylic acids is 1. The van der Waals surface area contributed by atoms with Crippen LogP contribution in [-0.2, 0) is 4.79 Å². The molecule has 1 amide bonds. The van der Waals surface area contributed by atoms with Crippen molar-refractivity contribution in [2.45, 2.75) is 38.0 Å². The lowest BCUT2D eigenvalue weighted by Gasteiger charge is -2.34. The van der Waals surface area contributed by atoms with E-state index in [4.69, 9.17) is 10.7 Å². The summed E-state index contributed by atoms with van der Waals surface area (Å²) in [5, 5.41) is 7.48. The first kappa shape index (κ1) is 19.8. The predicted octanol–water partition coefficient (Wildman–Crippen LogP) is 2.97. The molecule has 1 saturated carbocycles. The van der Waals surface area contributed by atoms with Gasteiger partial charge in [-0.1, -0.05) is 36.8 Å². The van der Waals surface area contributed by atoms with E-state index >= 15 is 0 Å². The first-order chi connectivity index (χ1) is 12.8. The van der Waals surface area contributed by atoms with Crippen molar-refractivity contribution in [3.8, 4) is 11.4 Å². The smallest absolute Gasteiger partial charge is 0.226 e. The molecule has 2 atom stereocenters. The van der Waals surface area contributed by atoms with Crippen LogP contribution < -0.4 is 5.73 Å². The maximum atomic E-state index is 12.8. The number of H-pyrrole nitrogens is 1. The normalized spacial score (nSPS) is 23.2. The largest absolute Gasteiger partial charge is 0.342 e. The van der Waals surface area contributed by atoms with E-state index in [1.165, 1.54) is 0 Å². The molecule has 1 aromatic heterocycles. The number of piperidine rings is 1. The number of carbonyl (C=O) groups is 1. The molecule has 1 saturated heterocycles. The van der Waals surface area contributed by atoms with Crippen molar-refractivity contribution in [1.29, 1.82) is 0 Å². The van der Waals surface area contributed by atoms with Gasteiger partial charge in [-0.25, -0.2) is 4.98 Å². The van der Waals surface area contributed by atoms with E-state index in [0.717, 1.165) is 62.4 Å². The summed E-state index contributed by atoms with van der Waals surface area (Å²) in [5.74, 6) is 2.87. The van der Waals surface area contributed by atoms with E-state index in [1.807, 2.05) is 35.2 Å². The van der Waals surface area contributed by atoms with Crippen LogP contribution in [-0.4, -0.2) is 45.6 Å². The lowest BCUT2D eigenvalue weighted by atomic mass is 9.91. The molecule has 146 valence electrons. The second kappa shape index (κ2) is 8.85. The van der Waals surface area contributed by atoms with Crippen molar-refractivity contribution in [3.05, 3.63) is 36.2 Å². The molecule has 2 fully saturated rings. The number of aromatic nitrogens is 3. The van der Waals surface area contributed by atoms with Gasteiger partial charge in [0.15, 0.2) is 5.82 Å². The summed E-state index contributed by atoms with van der Waals surface area (Å²) >= 11 is 0. The van der Waals surface area contributed by atoms with E-state index in [1.54, 1.807) is 0 Å². The van der Waals surface area contributed by atoms with Crippen molar-refractivity contribution in [3.63, 3.8) is 0 Å². The second-order valence-corrected chi connectivity index (χ2v) is 7.54. The van der Waals surface area contributed by atoms with E-state index in [9.17, 15) is 4.79 Å². The van der Waals surface area contributed by atoms with Gasteiger partial charge in [0.2, 0.25) is 5.91 Å². The average Bonchev–Trinajstić information content (AvgIpc) is 3.38. The fraction of sp³-hybridized carbons (Fsp3) is 0.550. The lowest BCUT2D eigenvalue weighted by molar-refractivity contribution is -0.137. The van der Waals surface area contributed by atoms with Crippen LogP contribution in [0.3, 0.4) is 0 Å². The minimum Gasteiger partial charge on any atom is -0.342 e. The predicted molar refractivity (Wildman–Crippen MR) is 108 cm³/mol. The molecule has 1 aliphatic heterocycles. The van der Waals surface area contributed by atoms with Crippen molar-refractivity contribution in [1.82, 2.24) is 20.1 Å². The Morgan fingerprint density at radius 1 is 1.15 bits per heavy atom. The number of benzene rings is 1. The molecule has 0 spiro atoms. The number of nitrogens with two attached hydrogens (primary N) is 1. The van der Waals surface area contributed by atoms with Crippen molar-refractivity contribution in [2.75, 3.05) is 19.6 Å². The summed E-state index contributed by atoms with van der Waals surface area (Å²) in [7, 11) is 0. The molecule has 2 aliphatic rings. The third-order valence-electron chi connectivity index (χ3n) is 6.01. The second-order valence-electron chi connectivity index (χ2n) is 7.54. The van der Waals surface area contributed by atoms with Gasteiger partial charge in [0.1, 0.15) is 5.82 Å². The first-order valence-electron chi connectivity index (χ1n) is 9.73. The number of amides is 1. The molecule has 3 N–H and O–H groups in total. The number of aromatic amines is 1. The highest BCUT2D eigenvalue weighted by atomic mass is 35.5. The Labute approximate surface area is 166 Å². The number of nitrogens with zero attached hydrogens (tertiary/aromatic N) is 3. The Hall–Kier alpha value is -1.92. The van der Waals surface area contributed by atoms with Crippen LogP contribution in [0.15, 0.2) is 30.3 Å². The highest BCUT2D eigenvalue weighted by Gasteiger charge is 2.36. The Bertz CT molecular complexity index is 742. The first-order valence-corrected chi connectivity index (χ1v) is 9.73. The van der Waals surface area contributed by atoms with Gasteiger partial charge >= 0.3 is 0 Å². The number of hydrogen-bond donors (Lipinski definition) is 2. The summed E-state index contributed by atoms with van der Waals surface area (Å²) in [6, 6.07) is 10.0. The van der Waals surface area contributed by atoms with Crippen molar-refractivity contribution < 1.29 is 4.79 Å².